The molecule has 2 rings (SSSR count). The van der Waals surface area contributed by atoms with Crippen molar-refractivity contribution in [1.29, 1.82) is 0 Å². The van der Waals surface area contributed by atoms with Crippen LogP contribution in [-0.2, 0) is 0 Å². The second kappa shape index (κ2) is 7.21. The minimum absolute atomic E-state index is 0.383. The minimum Gasteiger partial charge on any atom is -0.478 e. The predicted octanol–water partition coefficient (Wildman–Crippen LogP) is 4.73. The average Bonchev–Trinajstić information content (AvgIpc) is 2.47. The van der Waals surface area contributed by atoms with Crippen LogP contribution in [0.25, 0.3) is 0 Å². The molecule has 1 saturated carbocycles. The van der Waals surface area contributed by atoms with Crippen LogP contribution in [0.15, 0.2) is 23.1 Å². The van der Waals surface area contributed by atoms with E-state index in [0.717, 1.165) is 17.0 Å². The van der Waals surface area contributed by atoms with E-state index in [0.29, 0.717) is 23.4 Å². The summed E-state index contributed by atoms with van der Waals surface area (Å²) in [4.78, 5) is 12.4. The topological polar surface area (TPSA) is 49.3 Å². The van der Waals surface area contributed by atoms with Crippen LogP contribution in [0.5, 0.6) is 0 Å². The summed E-state index contributed by atoms with van der Waals surface area (Å²) < 4.78 is 0. The van der Waals surface area contributed by atoms with Crippen molar-refractivity contribution < 1.29 is 9.90 Å². The van der Waals surface area contributed by atoms with E-state index in [9.17, 15) is 9.90 Å². The lowest BCUT2D eigenvalue weighted by Crippen LogP contribution is -2.35. The highest BCUT2D eigenvalue weighted by Crippen LogP contribution is 2.34. The van der Waals surface area contributed by atoms with Gasteiger partial charge in [-0.25, -0.2) is 4.79 Å². The van der Waals surface area contributed by atoms with Crippen molar-refractivity contribution in [3.05, 3.63) is 23.8 Å². The number of carboxylic acid groups (broad SMARTS) is 1. The van der Waals surface area contributed by atoms with E-state index in [1.807, 2.05) is 24.5 Å². The lowest BCUT2D eigenvalue weighted by Gasteiger charge is -2.36. The normalized spacial score (nSPS) is 22.3. The van der Waals surface area contributed by atoms with Gasteiger partial charge in [-0.1, -0.05) is 32.8 Å². The Labute approximate surface area is 131 Å². The molecule has 0 heterocycles. The van der Waals surface area contributed by atoms with E-state index in [-0.39, 0.29) is 0 Å². The van der Waals surface area contributed by atoms with Gasteiger partial charge in [0, 0.05) is 10.9 Å². The van der Waals surface area contributed by atoms with Gasteiger partial charge in [0.15, 0.2) is 0 Å². The van der Waals surface area contributed by atoms with Crippen LogP contribution in [0.1, 0.15) is 49.9 Å². The molecule has 0 aliphatic heterocycles. The molecular formula is C17H25NO2S. The lowest BCUT2D eigenvalue weighted by atomic mass is 9.77. The second-order valence-electron chi connectivity index (χ2n) is 6.13. The van der Waals surface area contributed by atoms with Crippen molar-refractivity contribution in [1.82, 2.24) is 0 Å². The van der Waals surface area contributed by atoms with Crippen LogP contribution in [0.2, 0.25) is 0 Å². The van der Waals surface area contributed by atoms with Crippen LogP contribution in [0, 0.1) is 11.8 Å². The number of nitrogens with one attached hydrogen (secondary N) is 1. The first-order valence-electron chi connectivity index (χ1n) is 7.71. The van der Waals surface area contributed by atoms with E-state index in [2.05, 4.69) is 19.2 Å². The number of carbonyl (C=O) groups is 1. The lowest BCUT2D eigenvalue weighted by molar-refractivity contribution is 0.0694. The molecule has 0 radical (unpaired) electrons. The first-order chi connectivity index (χ1) is 10.0. The fourth-order valence-corrected chi connectivity index (χ4v) is 3.99. The van der Waals surface area contributed by atoms with E-state index >= 15 is 0 Å². The van der Waals surface area contributed by atoms with Gasteiger partial charge in [-0.3, -0.25) is 0 Å². The van der Waals surface area contributed by atoms with Crippen molar-refractivity contribution in [2.24, 2.45) is 11.8 Å². The molecule has 0 aromatic heterocycles. The molecule has 0 amide bonds. The number of hydrogen-bond donors (Lipinski definition) is 2. The van der Waals surface area contributed by atoms with Gasteiger partial charge in [0.2, 0.25) is 0 Å². The zero-order valence-electron chi connectivity index (χ0n) is 13.1. The highest BCUT2D eigenvalue weighted by Gasteiger charge is 2.28. The van der Waals surface area contributed by atoms with Gasteiger partial charge < -0.3 is 10.4 Å². The highest BCUT2D eigenvalue weighted by atomic mass is 32.2. The molecule has 2 unspecified atom stereocenters. The number of rotatable bonds is 5. The van der Waals surface area contributed by atoms with Gasteiger partial charge in [0.05, 0.1) is 11.3 Å². The van der Waals surface area contributed by atoms with Gasteiger partial charge in [0.1, 0.15) is 0 Å². The SMILES string of the molecule is CSc1cccc(NC2CCCCC2C(C)C)c1C(=O)O. The zero-order chi connectivity index (χ0) is 15.4. The number of hydrogen-bond acceptors (Lipinski definition) is 3. The van der Waals surface area contributed by atoms with E-state index < -0.39 is 5.97 Å². The van der Waals surface area contributed by atoms with Gasteiger partial charge in [0.25, 0.3) is 0 Å². The molecule has 21 heavy (non-hydrogen) atoms. The second-order valence-corrected chi connectivity index (χ2v) is 6.98. The molecule has 0 bridgehead atoms. The summed E-state index contributed by atoms with van der Waals surface area (Å²) in [6.07, 6.45) is 6.80. The zero-order valence-corrected chi connectivity index (χ0v) is 13.9. The average molecular weight is 307 g/mol. The van der Waals surface area contributed by atoms with Gasteiger partial charge in [-0.2, -0.15) is 0 Å². The molecule has 4 heteroatoms. The van der Waals surface area contributed by atoms with Crippen molar-refractivity contribution >= 4 is 23.4 Å². The monoisotopic (exact) mass is 307 g/mol. The minimum atomic E-state index is -0.848. The van der Waals surface area contributed by atoms with E-state index in [1.54, 1.807) is 0 Å². The molecule has 1 aromatic rings. The molecule has 1 aliphatic carbocycles. The molecule has 0 saturated heterocycles. The van der Waals surface area contributed by atoms with Gasteiger partial charge >= 0.3 is 5.97 Å². The Kier molecular flexibility index (Phi) is 5.57. The largest absolute Gasteiger partial charge is 0.478 e. The summed E-state index contributed by atoms with van der Waals surface area (Å²) >= 11 is 1.49. The molecule has 1 aromatic carbocycles. The van der Waals surface area contributed by atoms with Crippen LogP contribution in [0.3, 0.4) is 0 Å². The maximum absolute atomic E-state index is 11.6. The molecule has 0 spiro atoms. The van der Waals surface area contributed by atoms with Crippen LogP contribution in [-0.4, -0.2) is 23.4 Å². The number of aromatic carboxylic acids is 1. The van der Waals surface area contributed by atoms with Crippen molar-refractivity contribution in [3.63, 3.8) is 0 Å². The quantitative estimate of drug-likeness (QED) is 0.772. The maximum atomic E-state index is 11.6. The smallest absolute Gasteiger partial charge is 0.338 e. The fraction of sp³-hybridized carbons (Fsp3) is 0.588. The third-order valence-corrected chi connectivity index (χ3v) is 5.26. The van der Waals surface area contributed by atoms with E-state index in [4.69, 9.17) is 0 Å². The number of benzene rings is 1. The molecule has 2 atom stereocenters. The Morgan fingerprint density at radius 2 is 2.05 bits per heavy atom. The van der Waals surface area contributed by atoms with Crippen molar-refractivity contribution in [2.75, 3.05) is 11.6 Å². The summed E-state index contributed by atoms with van der Waals surface area (Å²) in [6.45, 7) is 4.53. The predicted molar refractivity (Wildman–Crippen MR) is 89.4 cm³/mol. The fourth-order valence-electron chi connectivity index (χ4n) is 3.38. The molecule has 2 N–H and O–H groups in total. The van der Waals surface area contributed by atoms with Crippen LogP contribution < -0.4 is 5.32 Å². The molecule has 1 aliphatic rings. The first-order valence-corrected chi connectivity index (χ1v) is 8.94. The summed E-state index contributed by atoms with van der Waals surface area (Å²) in [6, 6.07) is 6.09. The third-order valence-electron chi connectivity index (χ3n) is 4.48. The highest BCUT2D eigenvalue weighted by molar-refractivity contribution is 7.98. The Morgan fingerprint density at radius 1 is 1.33 bits per heavy atom. The molecule has 1 fully saturated rings. The molecular weight excluding hydrogens is 282 g/mol. The summed E-state index contributed by atoms with van der Waals surface area (Å²) in [5, 5.41) is 13.1. The van der Waals surface area contributed by atoms with Gasteiger partial charge in [-0.15, -0.1) is 11.8 Å². The molecule has 116 valence electrons. The van der Waals surface area contributed by atoms with Crippen molar-refractivity contribution in [3.8, 4) is 0 Å². The Balaban J connectivity index is 2.27. The number of carboxylic acids is 1. The number of anilines is 1. The first kappa shape index (κ1) is 16.2. The summed E-state index contributed by atoms with van der Waals surface area (Å²) in [5.74, 6) is 0.400. The molecule has 3 nitrogen and oxygen atoms in total. The number of thioether (sulfide) groups is 1. The van der Waals surface area contributed by atoms with Crippen LogP contribution in [0.4, 0.5) is 5.69 Å². The Morgan fingerprint density at radius 3 is 2.67 bits per heavy atom. The standard InChI is InChI=1S/C17H25NO2S/c1-11(2)12-7-4-5-8-13(12)18-14-9-6-10-15(21-3)16(14)17(19)20/h6,9-13,18H,4-5,7-8H2,1-3H3,(H,19,20). The summed E-state index contributed by atoms with van der Waals surface area (Å²) in [7, 11) is 0. The Hall–Kier alpha value is -1.16. The Bertz CT molecular complexity index is 502. The van der Waals surface area contributed by atoms with Gasteiger partial charge in [-0.05, 0) is 43.1 Å². The van der Waals surface area contributed by atoms with Crippen molar-refractivity contribution in [2.45, 2.75) is 50.5 Å². The summed E-state index contributed by atoms with van der Waals surface area (Å²) in [5.41, 5.74) is 1.19. The van der Waals surface area contributed by atoms with E-state index in [1.165, 1.54) is 31.0 Å². The van der Waals surface area contributed by atoms with Crippen LogP contribution >= 0.6 is 11.8 Å². The third kappa shape index (κ3) is 3.73. The maximum Gasteiger partial charge on any atom is 0.338 e.